The Balaban J connectivity index is 1.51. The van der Waals surface area contributed by atoms with Crippen molar-refractivity contribution < 1.29 is 4.39 Å². The van der Waals surface area contributed by atoms with E-state index in [-0.39, 0.29) is 5.82 Å². The lowest BCUT2D eigenvalue weighted by atomic mass is 10.0. The van der Waals surface area contributed by atoms with Gasteiger partial charge in [-0.1, -0.05) is 24.3 Å². The predicted octanol–water partition coefficient (Wildman–Crippen LogP) is 5.68. The maximum absolute atomic E-state index is 13.4. The van der Waals surface area contributed by atoms with E-state index in [1.54, 1.807) is 18.3 Å². The van der Waals surface area contributed by atoms with Crippen LogP contribution in [-0.4, -0.2) is 30.1 Å². The fourth-order valence-electron chi connectivity index (χ4n) is 3.95. The van der Waals surface area contributed by atoms with Gasteiger partial charge < -0.3 is 4.98 Å². The Bertz CT molecular complexity index is 1600. The number of benzene rings is 2. The summed E-state index contributed by atoms with van der Waals surface area (Å²) in [5.74, 6) is 0.353. The number of aromatic nitrogens is 6. The van der Waals surface area contributed by atoms with Crippen LogP contribution in [0.1, 0.15) is 5.56 Å². The number of pyridine rings is 2. The van der Waals surface area contributed by atoms with Gasteiger partial charge in [-0.25, -0.2) is 14.4 Å². The number of nitrogens with one attached hydrogen (secondary N) is 2. The molecule has 154 valence electrons. The molecule has 0 saturated carbocycles. The summed E-state index contributed by atoms with van der Waals surface area (Å²) in [6.07, 6.45) is 3.59. The van der Waals surface area contributed by atoms with Crippen molar-refractivity contribution in [3.05, 3.63) is 84.4 Å². The van der Waals surface area contributed by atoms with Crippen molar-refractivity contribution in [1.29, 1.82) is 0 Å². The molecular formula is C25H17FN6. The van der Waals surface area contributed by atoms with Gasteiger partial charge in [-0.2, -0.15) is 5.10 Å². The van der Waals surface area contributed by atoms with Crippen LogP contribution in [0.2, 0.25) is 0 Å². The molecule has 2 aromatic carbocycles. The molecule has 2 N–H and O–H groups in total. The number of fused-ring (bicyclic) bond motifs is 2. The van der Waals surface area contributed by atoms with Crippen LogP contribution >= 0.6 is 0 Å². The first-order valence-electron chi connectivity index (χ1n) is 10.2. The van der Waals surface area contributed by atoms with Crippen molar-refractivity contribution in [2.75, 3.05) is 0 Å². The van der Waals surface area contributed by atoms with Gasteiger partial charge >= 0.3 is 0 Å². The zero-order valence-electron chi connectivity index (χ0n) is 17.1. The molecule has 4 heterocycles. The summed E-state index contributed by atoms with van der Waals surface area (Å²) in [4.78, 5) is 17.3. The first-order chi connectivity index (χ1) is 15.7. The summed E-state index contributed by atoms with van der Waals surface area (Å²) in [5, 5.41) is 7.53. The highest BCUT2D eigenvalue weighted by Gasteiger charge is 2.17. The molecule has 0 bridgehead atoms. The molecule has 0 aliphatic rings. The summed E-state index contributed by atoms with van der Waals surface area (Å²) in [6.45, 7) is 2.04. The number of para-hydroxylation sites is 1. The Kier molecular flexibility index (Phi) is 4.07. The van der Waals surface area contributed by atoms with Crippen molar-refractivity contribution in [2.24, 2.45) is 0 Å². The molecule has 0 spiro atoms. The third-order valence-electron chi connectivity index (χ3n) is 5.61. The van der Waals surface area contributed by atoms with Gasteiger partial charge in [0.1, 0.15) is 11.3 Å². The average molecular weight is 420 g/mol. The molecule has 0 saturated heterocycles. The van der Waals surface area contributed by atoms with Gasteiger partial charge in [0, 0.05) is 23.5 Å². The summed E-state index contributed by atoms with van der Waals surface area (Å²) < 4.78 is 13.4. The highest BCUT2D eigenvalue weighted by atomic mass is 19.1. The van der Waals surface area contributed by atoms with Crippen molar-refractivity contribution >= 4 is 22.1 Å². The fourth-order valence-corrected chi connectivity index (χ4v) is 3.95. The Morgan fingerprint density at radius 2 is 1.69 bits per heavy atom. The number of halogens is 1. The predicted molar refractivity (Wildman–Crippen MR) is 122 cm³/mol. The number of rotatable bonds is 3. The van der Waals surface area contributed by atoms with Crippen molar-refractivity contribution in [1.82, 2.24) is 30.1 Å². The summed E-state index contributed by atoms with van der Waals surface area (Å²) in [6, 6.07) is 18.2. The topological polar surface area (TPSA) is 83.1 Å². The molecule has 4 aromatic heterocycles. The number of hydrogen-bond acceptors (Lipinski definition) is 4. The molecule has 6 nitrogen and oxygen atoms in total. The van der Waals surface area contributed by atoms with Gasteiger partial charge in [0.25, 0.3) is 0 Å². The van der Waals surface area contributed by atoms with E-state index < -0.39 is 0 Å². The van der Waals surface area contributed by atoms with Gasteiger partial charge in [-0.15, -0.1) is 0 Å². The third-order valence-corrected chi connectivity index (χ3v) is 5.61. The Morgan fingerprint density at radius 1 is 0.812 bits per heavy atom. The van der Waals surface area contributed by atoms with Crippen LogP contribution in [0, 0.1) is 12.7 Å². The second-order valence-corrected chi connectivity index (χ2v) is 7.65. The van der Waals surface area contributed by atoms with Gasteiger partial charge in [0.2, 0.25) is 0 Å². The quantitative estimate of drug-likeness (QED) is 0.386. The molecule has 7 heteroatoms. The van der Waals surface area contributed by atoms with Crippen LogP contribution in [0.5, 0.6) is 0 Å². The number of hydrogen-bond donors (Lipinski definition) is 2. The van der Waals surface area contributed by atoms with E-state index in [1.807, 2.05) is 49.5 Å². The molecule has 0 amide bonds. The first-order valence-corrected chi connectivity index (χ1v) is 10.2. The number of aryl methyl sites for hydroxylation is 1. The Labute approximate surface area is 182 Å². The molecule has 6 aromatic rings. The monoisotopic (exact) mass is 420 g/mol. The lowest BCUT2D eigenvalue weighted by molar-refractivity contribution is 0.628. The van der Waals surface area contributed by atoms with Gasteiger partial charge in [-0.3, -0.25) is 10.1 Å². The average Bonchev–Trinajstić information content (AvgIpc) is 3.43. The van der Waals surface area contributed by atoms with Crippen molar-refractivity contribution in [3.63, 3.8) is 0 Å². The van der Waals surface area contributed by atoms with Crippen LogP contribution in [0.25, 0.3) is 56.0 Å². The molecule has 0 aliphatic heterocycles. The van der Waals surface area contributed by atoms with E-state index in [0.717, 1.165) is 50.0 Å². The van der Waals surface area contributed by atoms with E-state index in [9.17, 15) is 4.39 Å². The molecule has 6 rings (SSSR count). The highest BCUT2D eigenvalue weighted by molar-refractivity contribution is 5.96. The van der Waals surface area contributed by atoms with E-state index in [0.29, 0.717) is 11.5 Å². The zero-order chi connectivity index (χ0) is 21.7. The molecular weight excluding hydrogens is 403 g/mol. The summed E-state index contributed by atoms with van der Waals surface area (Å²) >= 11 is 0. The summed E-state index contributed by atoms with van der Waals surface area (Å²) in [5.41, 5.74) is 8.59. The lowest BCUT2D eigenvalue weighted by Gasteiger charge is -2.04. The normalized spacial score (nSPS) is 11.4. The number of H-pyrrole nitrogens is 2. The van der Waals surface area contributed by atoms with Gasteiger partial charge in [0.15, 0.2) is 11.5 Å². The largest absolute Gasteiger partial charge is 0.336 e. The number of imidazole rings is 1. The molecule has 0 atom stereocenters. The third kappa shape index (κ3) is 2.94. The Morgan fingerprint density at radius 3 is 2.53 bits per heavy atom. The SMILES string of the molecule is Cc1ccncc1-c1ccc2[nH]nc(-c3nc4c(-c5ccc(F)cc5)cccc4[nH]3)c2n1. The molecule has 0 aliphatic carbocycles. The second-order valence-electron chi connectivity index (χ2n) is 7.65. The maximum atomic E-state index is 13.4. The van der Waals surface area contributed by atoms with E-state index in [4.69, 9.17) is 9.97 Å². The molecule has 0 unspecified atom stereocenters. The van der Waals surface area contributed by atoms with Gasteiger partial charge in [-0.05, 0) is 54.4 Å². The summed E-state index contributed by atoms with van der Waals surface area (Å²) in [7, 11) is 0. The van der Waals surface area contributed by atoms with E-state index in [1.165, 1.54) is 12.1 Å². The molecule has 32 heavy (non-hydrogen) atoms. The minimum Gasteiger partial charge on any atom is -0.336 e. The Hall–Kier alpha value is -4.39. The second kappa shape index (κ2) is 7.09. The molecule has 0 radical (unpaired) electrons. The fraction of sp³-hybridized carbons (Fsp3) is 0.0400. The van der Waals surface area contributed by atoms with Crippen LogP contribution in [0.4, 0.5) is 4.39 Å². The van der Waals surface area contributed by atoms with Crippen molar-refractivity contribution in [3.8, 4) is 33.9 Å². The maximum Gasteiger partial charge on any atom is 0.161 e. The first kappa shape index (κ1) is 18.4. The minimum atomic E-state index is -0.266. The zero-order valence-corrected chi connectivity index (χ0v) is 17.1. The highest BCUT2D eigenvalue weighted by Crippen LogP contribution is 2.32. The lowest BCUT2D eigenvalue weighted by Crippen LogP contribution is -1.90. The minimum absolute atomic E-state index is 0.266. The van der Waals surface area contributed by atoms with Gasteiger partial charge in [0.05, 0.1) is 22.2 Å². The van der Waals surface area contributed by atoms with Crippen LogP contribution < -0.4 is 0 Å². The smallest absolute Gasteiger partial charge is 0.161 e. The van der Waals surface area contributed by atoms with E-state index >= 15 is 0 Å². The van der Waals surface area contributed by atoms with E-state index in [2.05, 4.69) is 20.2 Å². The van der Waals surface area contributed by atoms with Crippen molar-refractivity contribution in [2.45, 2.75) is 6.92 Å². The number of aromatic amines is 2. The van der Waals surface area contributed by atoms with Crippen LogP contribution in [0.3, 0.4) is 0 Å². The van der Waals surface area contributed by atoms with Crippen LogP contribution in [0.15, 0.2) is 73.1 Å². The standard InChI is InChI=1S/C25H17FN6/c1-14-11-12-27-13-18(14)19-9-10-21-23(28-19)24(32-31-21)25-29-20-4-2-3-17(22(20)30-25)15-5-7-16(26)8-6-15/h2-13H,1H3,(H,29,30)(H,31,32). The number of nitrogens with zero attached hydrogens (tertiary/aromatic N) is 4. The molecule has 0 fully saturated rings. The van der Waals surface area contributed by atoms with Crippen LogP contribution in [-0.2, 0) is 0 Å².